The highest BCUT2D eigenvalue weighted by atomic mass is 28.4. The molecule has 0 spiro atoms. The Labute approximate surface area is 224 Å². The standard InChI is InChI=1S/C29H60O6Si/c1-5-6-7-8-9-10-11-12-13-14-15-16-17-18-19-20-29(30)34-27-25-32-23-21-31-22-24-33-26-28-35-36(2,3)4/h5-28H2,1-4H3. The van der Waals surface area contributed by atoms with Crippen LogP contribution in [0.5, 0.6) is 0 Å². The predicted octanol–water partition coefficient (Wildman–Crippen LogP) is 7.69. The third-order valence-electron chi connectivity index (χ3n) is 5.98. The number of esters is 1. The first-order valence-corrected chi connectivity index (χ1v) is 18.4. The van der Waals surface area contributed by atoms with Crippen LogP contribution in [0.25, 0.3) is 0 Å². The Morgan fingerprint density at radius 2 is 0.861 bits per heavy atom. The molecule has 0 aromatic carbocycles. The maximum absolute atomic E-state index is 11.8. The van der Waals surface area contributed by atoms with Gasteiger partial charge in [-0.3, -0.25) is 4.79 Å². The van der Waals surface area contributed by atoms with Crippen molar-refractivity contribution < 1.29 is 28.2 Å². The lowest BCUT2D eigenvalue weighted by molar-refractivity contribution is -0.145. The molecule has 0 atom stereocenters. The molecule has 0 unspecified atom stereocenters. The van der Waals surface area contributed by atoms with Crippen LogP contribution < -0.4 is 0 Å². The number of unbranched alkanes of at least 4 members (excludes halogenated alkanes) is 14. The summed E-state index contributed by atoms with van der Waals surface area (Å²) in [4.78, 5) is 11.8. The van der Waals surface area contributed by atoms with Gasteiger partial charge in [-0.05, 0) is 26.1 Å². The fourth-order valence-corrected chi connectivity index (χ4v) is 4.57. The summed E-state index contributed by atoms with van der Waals surface area (Å²) >= 11 is 0. The summed E-state index contributed by atoms with van der Waals surface area (Å²) in [5.74, 6) is -0.111. The second kappa shape index (κ2) is 27.6. The molecule has 0 aliphatic rings. The molecule has 0 N–H and O–H groups in total. The summed E-state index contributed by atoms with van der Waals surface area (Å²) in [6, 6.07) is 0. The third-order valence-corrected chi connectivity index (χ3v) is 7.05. The quantitative estimate of drug-likeness (QED) is 0.0559. The summed E-state index contributed by atoms with van der Waals surface area (Å²) in [5.41, 5.74) is 0. The largest absolute Gasteiger partial charge is 0.463 e. The Balaban J connectivity index is 3.17. The van der Waals surface area contributed by atoms with Crippen LogP contribution in [0.2, 0.25) is 19.6 Å². The number of hydrogen-bond acceptors (Lipinski definition) is 6. The lowest BCUT2D eigenvalue weighted by Gasteiger charge is -2.16. The predicted molar refractivity (Wildman–Crippen MR) is 152 cm³/mol. The first kappa shape index (κ1) is 35.5. The van der Waals surface area contributed by atoms with E-state index in [9.17, 15) is 4.79 Å². The molecule has 0 aliphatic heterocycles. The SMILES string of the molecule is CCCCCCCCCCCCCCCCCC(=O)OCCOCCOCCOCCO[Si](C)(C)C. The van der Waals surface area contributed by atoms with Crippen molar-refractivity contribution >= 4 is 14.3 Å². The van der Waals surface area contributed by atoms with E-state index in [-0.39, 0.29) is 5.97 Å². The van der Waals surface area contributed by atoms with Gasteiger partial charge in [0.05, 0.1) is 46.2 Å². The third kappa shape index (κ3) is 31.6. The average Bonchev–Trinajstić information content (AvgIpc) is 2.83. The molecule has 0 radical (unpaired) electrons. The topological polar surface area (TPSA) is 63.2 Å². The van der Waals surface area contributed by atoms with Gasteiger partial charge in [0.25, 0.3) is 0 Å². The number of rotatable bonds is 29. The second-order valence-electron chi connectivity index (χ2n) is 10.7. The van der Waals surface area contributed by atoms with Crippen molar-refractivity contribution in [1.29, 1.82) is 0 Å². The monoisotopic (exact) mass is 532 g/mol. The summed E-state index contributed by atoms with van der Waals surface area (Å²) in [6.45, 7) is 12.9. The minimum atomic E-state index is -1.44. The Hall–Kier alpha value is -0.473. The van der Waals surface area contributed by atoms with Gasteiger partial charge in [-0.1, -0.05) is 96.8 Å². The molecule has 0 saturated heterocycles. The van der Waals surface area contributed by atoms with Gasteiger partial charge in [-0.2, -0.15) is 0 Å². The zero-order valence-corrected chi connectivity index (χ0v) is 25.4. The van der Waals surface area contributed by atoms with Gasteiger partial charge in [0, 0.05) is 6.42 Å². The van der Waals surface area contributed by atoms with E-state index in [4.69, 9.17) is 23.4 Å². The van der Waals surface area contributed by atoms with Crippen LogP contribution in [0.4, 0.5) is 0 Å². The van der Waals surface area contributed by atoms with Crippen LogP contribution >= 0.6 is 0 Å². The Kier molecular flexibility index (Phi) is 27.2. The van der Waals surface area contributed by atoms with Gasteiger partial charge in [-0.25, -0.2) is 0 Å². The van der Waals surface area contributed by atoms with Crippen molar-refractivity contribution in [3.05, 3.63) is 0 Å². The minimum absolute atomic E-state index is 0.111. The number of hydrogen-bond donors (Lipinski definition) is 0. The number of carbonyl (C=O) groups excluding carboxylic acids is 1. The molecular formula is C29H60O6Si. The van der Waals surface area contributed by atoms with Gasteiger partial charge in [0.1, 0.15) is 6.61 Å². The normalized spacial score (nSPS) is 11.8. The fourth-order valence-electron chi connectivity index (χ4n) is 3.88. The van der Waals surface area contributed by atoms with Crippen LogP contribution in [0.1, 0.15) is 110 Å². The van der Waals surface area contributed by atoms with Crippen LogP contribution in [-0.2, 0) is 28.2 Å². The highest BCUT2D eigenvalue weighted by Crippen LogP contribution is 2.13. The zero-order valence-electron chi connectivity index (χ0n) is 24.4. The molecule has 0 aromatic rings. The van der Waals surface area contributed by atoms with Gasteiger partial charge < -0.3 is 23.4 Å². The average molecular weight is 533 g/mol. The summed E-state index contributed by atoms with van der Waals surface area (Å²) in [6.07, 6.45) is 20.4. The van der Waals surface area contributed by atoms with Gasteiger partial charge in [0.2, 0.25) is 0 Å². The van der Waals surface area contributed by atoms with Gasteiger partial charge in [-0.15, -0.1) is 0 Å². The maximum Gasteiger partial charge on any atom is 0.305 e. The molecular weight excluding hydrogens is 472 g/mol. The lowest BCUT2D eigenvalue weighted by atomic mass is 10.0. The summed E-state index contributed by atoms with van der Waals surface area (Å²) in [7, 11) is -1.44. The van der Waals surface area contributed by atoms with Crippen LogP contribution in [0, 0.1) is 0 Å². The molecule has 7 heteroatoms. The van der Waals surface area contributed by atoms with Crippen molar-refractivity contribution in [2.24, 2.45) is 0 Å². The Bertz CT molecular complexity index is 456. The van der Waals surface area contributed by atoms with Crippen molar-refractivity contribution in [1.82, 2.24) is 0 Å². The van der Waals surface area contributed by atoms with Crippen LogP contribution in [-0.4, -0.2) is 67.1 Å². The van der Waals surface area contributed by atoms with E-state index in [1.165, 1.54) is 83.5 Å². The van der Waals surface area contributed by atoms with E-state index >= 15 is 0 Å². The molecule has 0 heterocycles. The summed E-state index contributed by atoms with van der Waals surface area (Å²) in [5, 5.41) is 0. The highest BCUT2D eigenvalue weighted by molar-refractivity contribution is 6.69. The van der Waals surface area contributed by atoms with E-state index in [1.54, 1.807) is 0 Å². The molecule has 0 aromatic heterocycles. The van der Waals surface area contributed by atoms with Crippen molar-refractivity contribution in [2.45, 2.75) is 129 Å². The molecule has 0 fully saturated rings. The van der Waals surface area contributed by atoms with Crippen molar-refractivity contribution in [3.63, 3.8) is 0 Å². The molecule has 6 nitrogen and oxygen atoms in total. The first-order chi connectivity index (χ1) is 17.5. The van der Waals surface area contributed by atoms with E-state index < -0.39 is 8.32 Å². The highest BCUT2D eigenvalue weighted by Gasteiger charge is 2.13. The molecule has 216 valence electrons. The lowest BCUT2D eigenvalue weighted by Crippen LogP contribution is -2.27. The minimum Gasteiger partial charge on any atom is -0.463 e. The number of ether oxygens (including phenoxy) is 4. The van der Waals surface area contributed by atoms with E-state index in [0.717, 1.165) is 12.8 Å². The molecule has 0 rings (SSSR count). The van der Waals surface area contributed by atoms with Crippen molar-refractivity contribution in [3.8, 4) is 0 Å². The van der Waals surface area contributed by atoms with E-state index in [2.05, 4.69) is 26.6 Å². The Morgan fingerprint density at radius 3 is 1.28 bits per heavy atom. The molecule has 0 bridgehead atoms. The van der Waals surface area contributed by atoms with E-state index in [0.29, 0.717) is 59.3 Å². The molecule has 36 heavy (non-hydrogen) atoms. The van der Waals surface area contributed by atoms with Crippen LogP contribution in [0.3, 0.4) is 0 Å². The first-order valence-electron chi connectivity index (χ1n) is 15.0. The zero-order chi connectivity index (χ0) is 26.6. The maximum atomic E-state index is 11.8. The van der Waals surface area contributed by atoms with E-state index in [1.807, 2.05) is 0 Å². The molecule has 0 amide bonds. The van der Waals surface area contributed by atoms with Gasteiger partial charge in [0.15, 0.2) is 8.32 Å². The number of carbonyl (C=O) groups is 1. The van der Waals surface area contributed by atoms with Crippen molar-refractivity contribution in [2.75, 3.05) is 52.9 Å². The Morgan fingerprint density at radius 1 is 0.500 bits per heavy atom. The van der Waals surface area contributed by atoms with Crippen LogP contribution in [0.15, 0.2) is 0 Å². The molecule has 0 saturated carbocycles. The second-order valence-corrected chi connectivity index (χ2v) is 15.2. The summed E-state index contributed by atoms with van der Waals surface area (Å²) < 4.78 is 27.3. The fraction of sp³-hybridized carbons (Fsp3) is 0.966. The molecule has 0 aliphatic carbocycles. The smallest absolute Gasteiger partial charge is 0.305 e. The van der Waals surface area contributed by atoms with Gasteiger partial charge >= 0.3 is 5.97 Å².